The molecule has 0 aromatic carbocycles. The molecule has 10 nitrogen and oxygen atoms in total. The van der Waals surface area contributed by atoms with Gasteiger partial charge in [0.05, 0.1) is 3.12 Å². The van der Waals surface area contributed by atoms with Crippen LogP contribution in [0.25, 0.3) is 0 Å². The standard InChI is InChI=1S/H3NO9S3.Na.H/c2-11(3,4)1(12(5,6)7)13(8,9)10;;/h(H,2,3,4)(H,5,6,7)(H,8,9,10);;. The second kappa shape index (κ2) is 4.69. The van der Waals surface area contributed by atoms with Gasteiger partial charge in [-0.05, 0) is 0 Å². The van der Waals surface area contributed by atoms with E-state index in [0.717, 1.165) is 0 Å². The molecule has 0 heterocycles. The van der Waals surface area contributed by atoms with Gasteiger partial charge in [-0.1, -0.05) is 0 Å². The Morgan fingerprint density at radius 1 is 0.643 bits per heavy atom. The van der Waals surface area contributed by atoms with Crippen molar-refractivity contribution in [3.05, 3.63) is 0 Å². The number of nitrogens with zero attached hydrogens (tertiary/aromatic N) is 1. The molecule has 0 bridgehead atoms. The SMILES string of the molecule is O=S(=O)(O)N(S(=O)(=O)O)S(=O)(=O)O.[NaH]. The monoisotopic (exact) mass is 281 g/mol. The number of hydrogen-bond acceptors (Lipinski definition) is 6. The van der Waals surface area contributed by atoms with Gasteiger partial charge >= 0.3 is 60.5 Å². The Hall–Kier alpha value is 0.690. The van der Waals surface area contributed by atoms with Crippen LogP contribution in [0.2, 0.25) is 0 Å². The molecule has 82 valence electrons. The van der Waals surface area contributed by atoms with Crippen molar-refractivity contribution in [1.82, 2.24) is 3.12 Å². The molecule has 0 radical (unpaired) electrons. The second-order valence-corrected chi connectivity index (χ2v) is 6.04. The molecule has 0 aromatic heterocycles. The first-order valence-electron chi connectivity index (χ1n) is 2.10. The summed E-state index contributed by atoms with van der Waals surface area (Å²) in [6.45, 7) is 0. The average molecular weight is 281 g/mol. The fraction of sp³-hybridized carbons (Fsp3) is 0. The van der Waals surface area contributed by atoms with Crippen LogP contribution in [0.5, 0.6) is 0 Å². The molecule has 14 heteroatoms. The van der Waals surface area contributed by atoms with Crippen LogP contribution in [0.15, 0.2) is 0 Å². The maximum atomic E-state index is 10.0. The van der Waals surface area contributed by atoms with Gasteiger partial charge in [0.1, 0.15) is 0 Å². The zero-order chi connectivity index (χ0) is 11.1. The number of hydrogen-bond donors (Lipinski definition) is 3. The van der Waals surface area contributed by atoms with Crippen molar-refractivity contribution in [3.8, 4) is 0 Å². The van der Waals surface area contributed by atoms with Crippen molar-refractivity contribution >= 4 is 60.5 Å². The first-order chi connectivity index (χ1) is 5.37. The average Bonchev–Trinajstić information content (AvgIpc) is 1.44. The van der Waals surface area contributed by atoms with E-state index in [1.807, 2.05) is 0 Å². The molecule has 0 aromatic rings. The fourth-order valence-corrected chi connectivity index (χ4v) is 3.21. The molecule has 0 aliphatic carbocycles. The van der Waals surface area contributed by atoms with Gasteiger partial charge in [-0.3, -0.25) is 13.7 Å². The molecule has 3 N–H and O–H groups in total. The van der Waals surface area contributed by atoms with Crippen LogP contribution in [0.1, 0.15) is 0 Å². The van der Waals surface area contributed by atoms with E-state index < -0.39 is 34.0 Å². The molecular weight excluding hydrogens is 277 g/mol. The van der Waals surface area contributed by atoms with E-state index in [1.54, 1.807) is 0 Å². The first kappa shape index (κ1) is 17.1. The summed E-state index contributed by atoms with van der Waals surface area (Å²) in [7, 11) is -17.5. The van der Waals surface area contributed by atoms with Crippen molar-refractivity contribution in [2.75, 3.05) is 0 Å². The van der Waals surface area contributed by atoms with E-state index in [-0.39, 0.29) is 29.6 Å². The summed E-state index contributed by atoms with van der Waals surface area (Å²) in [5.41, 5.74) is 0. The summed E-state index contributed by atoms with van der Waals surface area (Å²) in [5, 5.41) is 0. The topological polar surface area (TPSA) is 166 Å². The molecule has 0 fully saturated rings. The Morgan fingerprint density at radius 3 is 0.786 bits per heavy atom. The van der Waals surface area contributed by atoms with Gasteiger partial charge < -0.3 is 0 Å². The van der Waals surface area contributed by atoms with E-state index in [2.05, 4.69) is 0 Å². The van der Waals surface area contributed by atoms with Crippen LogP contribution < -0.4 is 0 Å². The third kappa shape index (κ3) is 4.96. The van der Waals surface area contributed by atoms with Gasteiger partial charge in [0.25, 0.3) is 0 Å². The molecule has 0 saturated carbocycles. The molecule has 0 rings (SSSR count). The summed E-state index contributed by atoms with van der Waals surface area (Å²) >= 11 is 0. The van der Waals surface area contributed by atoms with E-state index in [1.165, 1.54) is 0 Å². The summed E-state index contributed by atoms with van der Waals surface area (Å²) in [6, 6.07) is 0. The quantitative estimate of drug-likeness (QED) is 0.362. The van der Waals surface area contributed by atoms with Crippen LogP contribution in [0.3, 0.4) is 0 Å². The summed E-state index contributed by atoms with van der Waals surface area (Å²) in [4.78, 5) is 0. The van der Waals surface area contributed by atoms with Crippen LogP contribution in [-0.4, -0.2) is 71.6 Å². The second-order valence-electron chi connectivity index (χ2n) is 1.57. The summed E-state index contributed by atoms with van der Waals surface area (Å²) < 4.78 is 82.2. The fourth-order valence-electron chi connectivity index (χ4n) is 0.357. The van der Waals surface area contributed by atoms with Crippen LogP contribution in [0, 0.1) is 0 Å². The molecule has 0 saturated heterocycles. The maximum absolute atomic E-state index is 10.0. The van der Waals surface area contributed by atoms with E-state index in [9.17, 15) is 25.3 Å². The summed E-state index contributed by atoms with van der Waals surface area (Å²) in [5.74, 6) is 0. The Balaban J connectivity index is 0. The third-order valence-electron chi connectivity index (χ3n) is 0.565. The zero-order valence-electron chi connectivity index (χ0n) is 5.46. The number of rotatable bonds is 3. The van der Waals surface area contributed by atoms with Crippen molar-refractivity contribution in [1.29, 1.82) is 0 Å². The molecule has 0 aliphatic heterocycles. The molecular formula is H4NNaO9S3. The van der Waals surface area contributed by atoms with Crippen molar-refractivity contribution in [2.24, 2.45) is 0 Å². The predicted molar refractivity (Wildman–Crippen MR) is 43.6 cm³/mol. The van der Waals surface area contributed by atoms with Crippen molar-refractivity contribution in [2.45, 2.75) is 0 Å². The van der Waals surface area contributed by atoms with Gasteiger partial charge in [-0.25, -0.2) is 0 Å². The van der Waals surface area contributed by atoms with Gasteiger partial charge in [-0.2, -0.15) is 25.3 Å². The van der Waals surface area contributed by atoms with Crippen molar-refractivity contribution < 1.29 is 38.9 Å². The van der Waals surface area contributed by atoms with Gasteiger partial charge in [0, 0.05) is 0 Å². The molecule has 0 unspecified atom stereocenters. The Kier molecular flexibility index (Phi) is 5.72. The molecule has 0 aliphatic rings. The molecule has 14 heavy (non-hydrogen) atoms. The third-order valence-corrected chi connectivity index (χ3v) is 5.09. The van der Waals surface area contributed by atoms with Crippen molar-refractivity contribution in [3.63, 3.8) is 0 Å². The van der Waals surface area contributed by atoms with Crippen LogP contribution in [0.4, 0.5) is 0 Å². The van der Waals surface area contributed by atoms with Crippen LogP contribution in [-0.2, 0) is 30.9 Å². The van der Waals surface area contributed by atoms with E-state index in [0.29, 0.717) is 0 Å². The first-order valence-corrected chi connectivity index (χ1v) is 6.29. The summed E-state index contributed by atoms with van der Waals surface area (Å²) in [6.07, 6.45) is 0. The normalized spacial score (nSPS) is 13.7. The van der Waals surface area contributed by atoms with Gasteiger partial charge in [-0.15, -0.1) is 0 Å². The zero-order valence-corrected chi connectivity index (χ0v) is 7.91. The minimum absolute atomic E-state index is 0. The van der Waals surface area contributed by atoms with Crippen LogP contribution >= 0.6 is 0 Å². The molecule has 0 atom stereocenters. The minimum atomic E-state index is -5.82. The Bertz CT molecular complexity index is 402. The Labute approximate surface area is 102 Å². The van der Waals surface area contributed by atoms with E-state index >= 15 is 0 Å². The van der Waals surface area contributed by atoms with Gasteiger partial charge in [0.2, 0.25) is 0 Å². The molecule has 0 amide bonds. The predicted octanol–water partition coefficient (Wildman–Crippen LogP) is -2.95. The van der Waals surface area contributed by atoms with E-state index in [4.69, 9.17) is 13.7 Å². The van der Waals surface area contributed by atoms with Gasteiger partial charge in [0.15, 0.2) is 0 Å². The Morgan fingerprint density at radius 2 is 0.786 bits per heavy atom. The molecule has 0 spiro atoms.